The van der Waals surface area contributed by atoms with Gasteiger partial charge in [-0.15, -0.1) is 0 Å². The summed E-state index contributed by atoms with van der Waals surface area (Å²) >= 11 is 0. The van der Waals surface area contributed by atoms with Crippen molar-refractivity contribution in [3.05, 3.63) is 35.6 Å². The summed E-state index contributed by atoms with van der Waals surface area (Å²) in [7, 11) is 0. The highest BCUT2D eigenvalue weighted by atomic mass is 19.1. The summed E-state index contributed by atoms with van der Waals surface area (Å²) in [6, 6.07) is 5.95. The number of benzene rings is 1. The normalized spacial score (nSPS) is 19.5. The second-order valence-corrected chi connectivity index (χ2v) is 4.30. The lowest BCUT2D eigenvalue weighted by Crippen LogP contribution is -2.45. The molecular formula is C13H17FN2O2. The number of hydrogen-bond acceptors (Lipinski definition) is 3. The summed E-state index contributed by atoms with van der Waals surface area (Å²) in [6.07, 6.45) is 0.302. The third-order valence-corrected chi connectivity index (χ3v) is 2.81. The molecule has 0 radical (unpaired) electrons. The monoisotopic (exact) mass is 252 g/mol. The third kappa shape index (κ3) is 4.09. The Bertz CT molecular complexity index is 388. The second kappa shape index (κ2) is 6.47. The topological polar surface area (TPSA) is 50.4 Å². The van der Waals surface area contributed by atoms with E-state index in [1.807, 2.05) is 0 Å². The third-order valence-electron chi connectivity index (χ3n) is 2.81. The van der Waals surface area contributed by atoms with Gasteiger partial charge < -0.3 is 15.4 Å². The Morgan fingerprint density at radius 2 is 2.22 bits per heavy atom. The zero-order chi connectivity index (χ0) is 12.8. The molecule has 98 valence electrons. The van der Waals surface area contributed by atoms with Gasteiger partial charge in [-0.3, -0.25) is 4.79 Å². The number of carbonyl (C=O) groups excluding carboxylic acids is 1. The highest BCUT2D eigenvalue weighted by Crippen LogP contribution is 2.03. The molecule has 1 aliphatic heterocycles. The summed E-state index contributed by atoms with van der Waals surface area (Å²) in [4.78, 5) is 11.7. The minimum absolute atomic E-state index is 0.0379. The highest BCUT2D eigenvalue weighted by Gasteiger charge is 2.14. The van der Waals surface area contributed by atoms with Crippen LogP contribution in [0.2, 0.25) is 0 Å². The van der Waals surface area contributed by atoms with Crippen LogP contribution in [0.4, 0.5) is 4.39 Å². The van der Waals surface area contributed by atoms with Crippen molar-refractivity contribution in [1.82, 2.24) is 10.6 Å². The van der Waals surface area contributed by atoms with Gasteiger partial charge in [-0.25, -0.2) is 4.39 Å². The first kappa shape index (κ1) is 13.0. The molecule has 1 amide bonds. The summed E-state index contributed by atoms with van der Waals surface area (Å²) < 4.78 is 18.2. The van der Waals surface area contributed by atoms with Crippen LogP contribution in [0.5, 0.6) is 0 Å². The fourth-order valence-electron chi connectivity index (χ4n) is 1.83. The molecule has 1 unspecified atom stereocenters. The van der Waals surface area contributed by atoms with Crippen molar-refractivity contribution in [3.8, 4) is 0 Å². The van der Waals surface area contributed by atoms with Crippen molar-refractivity contribution in [1.29, 1.82) is 0 Å². The number of morpholine rings is 1. The molecule has 1 aromatic carbocycles. The number of halogens is 1. The minimum Gasteiger partial charge on any atom is -0.374 e. The number of hydrogen-bond donors (Lipinski definition) is 2. The van der Waals surface area contributed by atoms with Gasteiger partial charge >= 0.3 is 0 Å². The first-order chi connectivity index (χ1) is 8.74. The predicted octanol–water partition coefficient (Wildman–Crippen LogP) is 0.473. The van der Waals surface area contributed by atoms with E-state index < -0.39 is 0 Å². The SMILES string of the molecule is O=C(Cc1ccc(F)cc1)NCC1CNCCO1. The number of carbonyl (C=O) groups is 1. The van der Waals surface area contributed by atoms with Crippen LogP contribution in [0.25, 0.3) is 0 Å². The molecule has 0 spiro atoms. The van der Waals surface area contributed by atoms with Crippen molar-refractivity contribution in [3.63, 3.8) is 0 Å². The van der Waals surface area contributed by atoms with E-state index in [4.69, 9.17) is 4.74 Å². The zero-order valence-corrected chi connectivity index (χ0v) is 10.1. The van der Waals surface area contributed by atoms with Crippen LogP contribution in [0.15, 0.2) is 24.3 Å². The van der Waals surface area contributed by atoms with E-state index in [0.717, 1.165) is 18.7 Å². The van der Waals surface area contributed by atoms with Crippen LogP contribution in [-0.4, -0.2) is 38.3 Å². The standard InChI is InChI=1S/C13H17FN2O2/c14-11-3-1-10(2-4-11)7-13(17)16-9-12-8-15-5-6-18-12/h1-4,12,15H,5-9H2,(H,16,17). The number of amides is 1. The van der Waals surface area contributed by atoms with Gasteiger partial charge in [-0.2, -0.15) is 0 Å². The van der Waals surface area contributed by atoms with Gasteiger partial charge in [0.15, 0.2) is 0 Å². The Balaban J connectivity index is 1.73. The molecule has 1 fully saturated rings. The first-order valence-electron chi connectivity index (χ1n) is 6.07. The summed E-state index contributed by atoms with van der Waals surface area (Å²) in [5.74, 6) is -0.364. The molecule has 0 bridgehead atoms. The van der Waals surface area contributed by atoms with Crippen LogP contribution in [0.1, 0.15) is 5.56 Å². The molecule has 1 atom stereocenters. The molecule has 2 rings (SSSR count). The van der Waals surface area contributed by atoms with Gasteiger partial charge in [0.1, 0.15) is 5.82 Å². The van der Waals surface area contributed by atoms with Crippen molar-refractivity contribution in [2.45, 2.75) is 12.5 Å². The van der Waals surface area contributed by atoms with E-state index in [9.17, 15) is 9.18 Å². The molecule has 0 saturated carbocycles. The molecular weight excluding hydrogens is 235 g/mol. The molecule has 4 nitrogen and oxygen atoms in total. The maximum Gasteiger partial charge on any atom is 0.224 e. The number of rotatable bonds is 4. The van der Waals surface area contributed by atoms with Gasteiger partial charge in [0.2, 0.25) is 5.91 Å². The van der Waals surface area contributed by atoms with Gasteiger partial charge in [-0.05, 0) is 17.7 Å². The summed E-state index contributed by atoms with van der Waals surface area (Å²) in [6.45, 7) is 2.81. The molecule has 5 heteroatoms. The van der Waals surface area contributed by atoms with Gasteiger partial charge in [-0.1, -0.05) is 12.1 Å². The Labute approximate surface area is 106 Å². The average molecular weight is 252 g/mol. The van der Waals surface area contributed by atoms with Crippen LogP contribution >= 0.6 is 0 Å². The summed E-state index contributed by atoms with van der Waals surface area (Å²) in [5.41, 5.74) is 0.802. The molecule has 1 aliphatic rings. The van der Waals surface area contributed by atoms with Crippen molar-refractivity contribution >= 4 is 5.91 Å². The highest BCUT2D eigenvalue weighted by molar-refractivity contribution is 5.78. The average Bonchev–Trinajstić information content (AvgIpc) is 2.40. The Morgan fingerprint density at radius 3 is 2.89 bits per heavy atom. The van der Waals surface area contributed by atoms with Gasteiger partial charge in [0.25, 0.3) is 0 Å². The Hall–Kier alpha value is -1.46. The van der Waals surface area contributed by atoms with Crippen LogP contribution < -0.4 is 10.6 Å². The zero-order valence-electron chi connectivity index (χ0n) is 10.1. The van der Waals surface area contributed by atoms with E-state index >= 15 is 0 Å². The first-order valence-corrected chi connectivity index (χ1v) is 6.07. The largest absolute Gasteiger partial charge is 0.374 e. The molecule has 1 aromatic rings. The molecule has 0 aromatic heterocycles. The molecule has 1 saturated heterocycles. The fourth-order valence-corrected chi connectivity index (χ4v) is 1.83. The van der Waals surface area contributed by atoms with E-state index in [2.05, 4.69) is 10.6 Å². The second-order valence-electron chi connectivity index (χ2n) is 4.30. The van der Waals surface area contributed by atoms with E-state index in [-0.39, 0.29) is 24.2 Å². The smallest absolute Gasteiger partial charge is 0.224 e. The van der Waals surface area contributed by atoms with Crippen LogP contribution in [0.3, 0.4) is 0 Å². The number of nitrogens with one attached hydrogen (secondary N) is 2. The lowest BCUT2D eigenvalue weighted by atomic mass is 10.1. The lowest BCUT2D eigenvalue weighted by Gasteiger charge is -2.23. The van der Waals surface area contributed by atoms with Crippen molar-refractivity contribution in [2.75, 3.05) is 26.2 Å². The van der Waals surface area contributed by atoms with E-state index in [1.54, 1.807) is 12.1 Å². The predicted molar refractivity (Wildman–Crippen MR) is 65.7 cm³/mol. The van der Waals surface area contributed by atoms with Gasteiger partial charge in [0, 0.05) is 19.6 Å². The fraction of sp³-hybridized carbons (Fsp3) is 0.462. The Kier molecular flexibility index (Phi) is 4.66. The van der Waals surface area contributed by atoms with Crippen LogP contribution in [-0.2, 0) is 16.0 Å². The quantitative estimate of drug-likeness (QED) is 0.819. The molecule has 2 N–H and O–H groups in total. The van der Waals surface area contributed by atoms with Crippen LogP contribution in [0, 0.1) is 5.82 Å². The Morgan fingerprint density at radius 1 is 1.44 bits per heavy atom. The lowest BCUT2D eigenvalue weighted by molar-refractivity contribution is -0.121. The molecule has 1 heterocycles. The maximum absolute atomic E-state index is 12.7. The molecule has 18 heavy (non-hydrogen) atoms. The van der Waals surface area contributed by atoms with Crippen molar-refractivity contribution in [2.24, 2.45) is 0 Å². The minimum atomic E-state index is -0.291. The van der Waals surface area contributed by atoms with E-state index in [0.29, 0.717) is 13.2 Å². The number of ether oxygens (including phenoxy) is 1. The van der Waals surface area contributed by atoms with Gasteiger partial charge in [0.05, 0.1) is 19.1 Å². The van der Waals surface area contributed by atoms with Crippen molar-refractivity contribution < 1.29 is 13.9 Å². The summed E-state index contributed by atoms with van der Waals surface area (Å²) in [5, 5.41) is 6.01. The van der Waals surface area contributed by atoms with E-state index in [1.165, 1.54) is 12.1 Å². The maximum atomic E-state index is 12.7. The molecule has 0 aliphatic carbocycles.